The fraction of sp³-hybridized carbons (Fsp3) is 0.381. The molecule has 0 aliphatic carbocycles. The lowest BCUT2D eigenvalue weighted by molar-refractivity contribution is -1.02. The van der Waals surface area contributed by atoms with E-state index in [1.165, 1.54) is 15.4 Å². The molecule has 0 spiro atoms. The summed E-state index contributed by atoms with van der Waals surface area (Å²) in [7, 11) is 3.19. The molecule has 150 valence electrons. The topological polar surface area (TPSA) is 56.4 Å². The molecule has 0 bridgehead atoms. The van der Waals surface area contributed by atoms with Gasteiger partial charge in [-0.05, 0) is 24.3 Å². The largest absolute Gasteiger partial charge is 0.497 e. The van der Waals surface area contributed by atoms with Crippen molar-refractivity contribution in [2.24, 2.45) is 0 Å². The molecule has 0 radical (unpaired) electrons. The van der Waals surface area contributed by atoms with Gasteiger partial charge in [0, 0.05) is 16.7 Å². The van der Waals surface area contributed by atoms with Crippen LogP contribution in [0.3, 0.4) is 0 Å². The number of carbonyl (C=O) groups excluding carboxylic acids is 1. The first-order valence-electron chi connectivity index (χ1n) is 9.51. The number of ether oxygens (including phenoxy) is 2. The van der Waals surface area contributed by atoms with Crippen LogP contribution >= 0.6 is 11.6 Å². The van der Waals surface area contributed by atoms with Crippen molar-refractivity contribution in [2.45, 2.75) is 6.54 Å². The molecule has 0 saturated carbocycles. The third-order valence-electron chi connectivity index (χ3n) is 5.10. The second kappa shape index (κ2) is 9.78. The number of quaternary nitrogens is 2. The molecule has 1 amide bonds. The Bertz CT molecular complexity index is 807. The Balaban J connectivity index is 1.49. The molecule has 6 nitrogen and oxygen atoms in total. The van der Waals surface area contributed by atoms with Gasteiger partial charge in [0.2, 0.25) is 0 Å². The van der Waals surface area contributed by atoms with Gasteiger partial charge >= 0.3 is 0 Å². The third kappa shape index (κ3) is 5.61. The zero-order valence-electron chi connectivity index (χ0n) is 16.4. The number of piperazine rings is 1. The summed E-state index contributed by atoms with van der Waals surface area (Å²) in [5.74, 6) is 1.29. The predicted octanol–water partition coefficient (Wildman–Crippen LogP) is 0.279. The molecule has 1 fully saturated rings. The molecule has 0 unspecified atom stereocenters. The fourth-order valence-corrected chi connectivity index (χ4v) is 3.79. The maximum atomic E-state index is 12.5. The Hall–Kier alpha value is -2.28. The number of methoxy groups -OCH3 is 2. The van der Waals surface area contributed by atoms with Crippen molar-refractivity contribution in [3.8, 4) is 11.5 Å². The quantitative estimate of drug-likeness (QED) is 0.620. The number of nitrogens with one attached hydrogen (secondary N) is 3. The number of hydrogen-bond acceptors (Lipinski definition) is 3. The van der Waals surface area contributed by atoms with Gasteiger partial charge in [-0.3, -0.25) is 4.79 Å². The first-order valence-corrected chi connectivity index (χ1v) is 9.88. The molecule has 0 atom stereocenters. The van der Waals surface area contributed by atoms with Crippen LogP contribution in [0.25, 0.3) is 0 Å². The molecule has 1 saturated heterocycles. The molecule has 1 heterocycles. The van der Waals surface area contributed by atoms with E-state index in [4.69, 9.17) is 21.1 Å². The average molecular weight is 406 g/mol. The summed E-state index contributed by atoms with van der Waals surface area (Å²) in [6.45, 7) is 5.44. The van der Waals surface area contributed by atoms with Crippen molar-refractivity contribution in [2.75, 3.05) is 52.3 Å². The summed E-state index contributed by atoms with van der Waals surface area (Å²) in [5, 5.41) is 3.74. The summed E-state index contributed by atoms with van der Waals surface area (Å²) >= 11 is 6.08. The Labute approximate surface area is 171 Å². The van der Waals surface area contributed by atoms with Crippen LogP contribution in [0.2, 0.25) is 5.02 Å². The van der Waals surface area contributed by atoms with Crippen LogP contribution in [0.5, 0.6) is 11.5 Å². The number of hydrogen-bond donors (Lipinski definition) is 3. The van der Waals surface area contributed by atoms with Crippen molar-refractivity contribution in [1.29, 1.82) is 0 Å². The smallest absolute Gasteiger partial charge is 0.279 e. The number of benzene rings is 2. The highest BCUT2D eigenvalue weighted by Gasteiger charge is 2.25. The van der Waals surface area contributed by atoms with Crippen LogP contribution in [-0.4, -0.2) is 52.9 Å². The Kier molecular flexibility index (Phi) is 7.14. The van der Waals surface area contributed by atoms with Crippen LogP contribution in [0, 0.1) is 0 Å². The van der Waals surface area contributed by atoms with Crippen molar-refractivity contribution in [3.63, 3.8) is 0 Å². The lowest BCUT2D eigenvalue weighted by atomic mass is 10.2. The van der Waals surface area contributed by atoms with Gasteiger partial charge in [0.05, 0.1) is 19.9 Å². The molecule has 3 N–H and O–H groups in total. The van der Waals surface area contributed by atoms with E-state index in [0.717, 1.165) is 37.7 Å². The van der Waals surface area contributed by atoms with Crippen LogP contribution in [0.1, 0.15) is 5.56 Å². The summed E-state index contributed by atoms with van der Waals surface area (Å²) in [6.07, 6.45) is 0. The van der Waals surface area contributed by atoms with Crippen molar-refractivity contribution in [3.05, 3.63) is 53.1 Å². The monoisotopic (exact) mass is 405 g/mol. The van der Waals surface area contributed by atoms with Crippen LogP contribution in [0.4, 0.5) is 5.69 Å². The number of rotatable bonds is 7. The molecule has 28 heavy (non-hydrogen) atoms. The van der Waals surface area contributed by atoms with Crippen LogP contribution in [0.15, 0.2) is 42.5 Å². The highest BCUT2D eigenvalue weighted by Crippen LogP contribution is 2.28. The lowest BCUT2D eigenvalue weighted by Crippen LogP contribution is -3.28. The standard InChI is InChI=1S/C21H26ClN3O3/c1-27-18-6-7-20(28-2)19(13-18)23-21(26)15-25-10-8-24(9-11-25)14-16-4-3-5-17(22)12-16/h3-7,12-13H,8-11,14-15H2,1-2H3,(H,23,26)/p+2. The SMILES string of the molecule is COc1ccc(OC)c(NC(=O)C[NH+]2CC[NH+](Cc3cccc(Cl)c3)CC2)c1. The number of halogens is 1. The van der Waals surface area contributed by atoms with E-state index in [-0.39, 0.29) is 5.91 Å². The van der Waals surface area contributed by atoms with Crippen molar-refractivity contribution >= 4 is 23.2 Å². The summed E-state index contributed by atoms with van der Waals surface area (Å²) in [6, 6.07) is 13.4. The van der Waals surface area contributed by atoms with Gasteiger partial charge in [-0.15, -0.1) is 0 Å². The maximum Gasteiger partial charge on any atom is 0.279 e. The van der Waals surface area contributed by atoms with E-state index in [1.807, 2.05) is 24.3 Å². The van der Waals surface area contributed by atoms with Gasteiger partial charge < -0.3 is 24.6 Å². The van der Waals surface area contributed by atoms with E-state index in [9.17, 15) is 4.79 Å². The number of anilines is 1. The number of amides is 1. The third-order valence-corrected chi connectivity index (χ3v) is 5.33. The normalized spacial score (nSPS) is 19.1. The van der Waals surface area contributed by atoms with Gasteiger partial charge in [-0.25, -0.2) is 0 Å². The second-order valence-electron chi connectivity index (χ2n) is 7.10. The Morgan fingerprint density at radius 1 is 1.04 bits per heavy atom. The minimum absolute atomic E-state index is 0.0140. The molecule has 3 rings (SSSR count). The molecule has 1 aliphatic heterocycles. The van der Waals surface area contributed by atoms with E-state index in [0.29, 0.717) is 23.7 Å². The zero-order chi connectivity index (χ0) is 19.9. The van der Waals surface area contributed by atoms with Gasteiger partial charge in [0.15, 0.2) is 6.54 Å². The van der Waals surface area contributed by atoms with Crippen molar-refractivity contribution in [1.82, 2.24) is 0 Å². The Morgan fingerprint density at radius 2 is 1.79 bits per heavy atom. The van der Waals surface area contributed by atoms with Crippen LogP contribution in [-0.2, 0) is 11.3 Å². The van der Waals surface area contributed by atoms with Crippen LogP contribution < -0.4 is 24.6 Å². The first kappa shape index (κ1) is 20.5. The highest BCUT2D eigenvalue weighted by atomic mass is 35.5. The fourth-order valence-electron chi connectivity index (χ4n) is 3.58. The minimum atomic E-state index is -0.0140. The van der Waals surface area contributed by atoms with Gasteiger partial charge in [0.25, 0.3) is 5.91 Å². The van der Waals surface area contributed by atoms with Crippen molar-refractivity contribution < 1.29 is 24.1 Å². The predicted molar refractivity (Wildman–Crippen MR) is 110 cm³/mol. The van der Waals surface area contributed by atoms with Gasteiger partial charge in [0.1, 0.15) is 44.2 Å². The van der Waals surface area contributed by atoms with Gasteiger partial charge in [-0.2, -0.15) is 0 Å². The van der Waals surface area contributed by atoms with E-state index < -0.39 is 0 Å². The maximum absolute atomic E-state index is 12.5. The molecular weight excluding hydrogens is 378 g/mol. The lowest BCUT2D eigenvalue weighted by Gasteiger charge is -2.29. The summed E-state index contributed by atoms with van der Waals surface area (Å²) in [5.41, 5.74) is 1.89. The van der Waals surface area contributed by atoms with Gasteiger partial charge in [-0.1, -0.05) is 23.7 Å². The zero-order valence-corrected chi connectivity index (χ0v) is 17.1. The molecule has 2 aromatic carbocycles. The number of carbonyl (C=O) groups is 1. The molecular formula is C21H28ClN3O3+2. The van der Waals surface area contributed by atoms with E-state index in [2.05, 4.69) is 11.4 Å². The van der Waals surface area contributed by atoms with E-state index in [1.54, 1.807) is 26.4 Å². The molecule has 2 aromatic rings. The molecule has 1 aliphatic rings. The summed E-state index contributed by atoms with van der Waals surface area (Å²) < 4.78 is 10.6. The molecule has 7 heteroatoms. The summed E-state index contributed by atoms with van der Waals surface area (Å²) in [4.78, 5) is 15.3. The minimum Gasteiger partial charge on any atom is -0.497 e. The second-order valence-corrected chi connectivity index (χ2v) is 7.53. The Morgan fingerprint density at radius 3 is 2.46 bits per heavy atom. The van der Waals surface area contributed by atoms with E-state index >= 15 is 0 Å². The highest BCUT2D eigenvalue weighted by molar-refractivity contribution is 6.30. The first-order chi connectivity index (χ1) is 13.6. The average Bonchev–Trinajstić information content (AvgIpc) is 2.69. The molecule has 0 aromatic heterocycles.